The van der Waals surface area contributed by atoms with Crippen molar-refractivity contribution in [1.82, 2.24) is 15.5 Å². The highest BCUT2D eigenvalue weighted by Gasteiger charge is 2.16. The van der Waals surface area contributed by atoms with Crippen LogP contribution in [0.15, 0.2) is 0 Å². The molecule has 1 aliphatic carbocycles. The Morgan fingerprint density at radius 1 is 1.16 bits per heavy atom. The van der Waals surface area contributed by atoms with Gasteiger partial charge in [-0.25, -0.2) is 0 Å². The molecule has 0 spiro atoms. The number of nitrogens with zero attached hydrogens (tertiary/aromatic N) is 1. The minimum Gasteiger partial charge on any atom is -0.356 e. The Morgan fingerprint density at radius 3 is 2.63 bits per heavy atom. The molecule has 1 heterocycles. The van der Waals surface area contributed by atoms with Crippen LogP contribution < -0.4 is 10.6 Å². The zero-order chi connectivity index (χ0) is 13.3. The molecule has 1 amide bonds. The van der Waals surface area contributed by atoms with Gasteiger partial charge < -0.3 is 15.5 Å². The number of rotatable bonds is 6. The van der Waals surface area contributed by atoms with E-state index in [1.54, 1.807) is 0 Å². The zero-order valence-corrected chi connectivity index (χ0v) is 12.1. The number of amides is 1. The summed E-state index contributed by atoms with van der Waals surface area (Å²) in [5.74, 6) is 0.925. The van der Waals surface area contributed by atoms with Crippen molar-refractivity contribution in [3.05, 3.63) is 0 Å². The number of carbonyl (C=O) groups is 1. The molecular formula is C15H29N3O. The van der Waals surface area contributed by atoms with Crippen LogP contribution in [0.5, 0.6) is 0 Å². The van der Waals surface area contributed by atoms with E-state index in [1.165, 1.54) is 32.1 Å². The first-order chi connectivity index (χ1) is 9.34. The van der Waals surface area contributed by atoms with Crippen LogP contribution in [-0.4, -0.2) is 50.1 Å². The van der Waals surface area contributed by atoms with Gasteiger partial charge in [-0.05, 0) is 31.7 Å². The molecule has 0 atom stereocenters. The van der Waals surface area contributed by atoms with Crippen LogP contribution in [0.2, 0.25) is 0 Å². The van der Waals surface area contributed by atoms with Gasteiger partial charge in [-0.3, -0.25) is 4.79 Å². The summed E-state index contributed by atoms with van der Waals surface area (Å²) in [6.45, 7) is 6.47. The van der Waals surface area contributed by atoms with E-state index in [1.807, 2.05) is 0 Å². The molecule has 1 saturated heterocycles. The Hall–Kier alpha value is -0.610. The molecule has 4 nitrogen and oxygen atoms in total. The van der Waals surface area contributed by atoms with Crippen LogP contribution in [0, 0.1) is 5.92 Å². The van der Waals surface area contributed by atoms with Gasteiger partial charge in [0.1, 0.15) is 0 Å². The third-order valence-electron chi connectivity index (χ3n) is 4.38. The molecule has 0 bridgehead atoms. The van der Waals surface area contributed by atoms with Crippen molar-refractivity contribution in [3.63, 3.8) is 0 Å². The van der Waals surface area contributed by atoms with E-state index >= 15 is 0 Å². The number of piperazine rings is 1. The molecule has 2 N–H and O–H groups in total. The van der Waals surface area contributed by atoms with Crippen molar-refractivity contribution in [3.8, 4) is 0 Å². The van der Waals surface area contributed by atoms with Gasteiger partial charge in [0.2, 0.25) is 5.91 Å². The molecule has 110 valence electrons. The summed E-state index contributed by atoms with van der Waals surface area (Å²) in [4.78, 5) is 14.3. The maximum atomic E-state index is 11.8. The van der Waals surface area contributed by atoms with E-state index in [-0.39, 0.29) is 5.91 Å². The highest BCUT2D eigenvalue weighted by atomic mass is 16.1. The first kappa shape index (κ1) is 14.8. The molecule has 0 radical (unpaired) electrons. The zero-order valence-electron chi connectivity index (χ0n) is 12.1. The van der Waals surface area contributed by atoms with Gasteiger partial charge >= 0.3 is 0 Å². The predicted octanol–water partition coefficient (Wildman–Crippen LogP) is 1.37. The second-order valence-electron chi connectivity index (χ2n) is 6.00. The molecule has 19 heavy (non-hydrogen) atoms. The second-order valence-corrected chi connectivity index (χ2v) is 6.00. The standard InChI is InChI=1S/C15H29N3O/c19-15(13-14-5-2-1-3-6-14)17-7-4-10-18-11-8-16-9-12-18/h14,16H,1-13H2,(H,17,19). The second kappa shape index (κ2) is 8.54. The van der Waals surface area contributed by atoms with Gasteiger partial charge in [0.25, 0.3) is 0 Å². The molecule has 2 fully saturated rings. The van der Waals surface area contributed by atoms with Crippen LogP contribution in [0.4, 0.5) is 0 Å². The third-order valence-corrected chi connectivity index (χ3v) is 4.38. The summed E-state index contributed by atoms with van der Waals surface area (Å²) in [6, 6.07) is 0. The molecule has 4 heteroatoms. The van der Waals surface area contributed by atoms with Gasteiger partial charge in [0.05, 0.1) is 0 Å². The normalized spacial score (nSPS) is 22.3. The van der Waals surface area contributed by atoms with Crippen LogP contribution >= 0.6 is 0 Å². The maximum Gasteiger partial charge on any atom is 0.220 e. The smallest absolute Gasteiger partial charge is 0.220 e. The van der Waals surface area contributed by atoms with Gasteiger partial charge in [-0.2, -0.15) is 0 Å². The minimum absolute atomic E-state index is 0.271. The van der Waals surface area contributed by atoms with E-state index in [0.717, 1.165) is 52.1 Å². The molecule has 0 aromatic carbocycles. The van der Waals surface area contributed by atoms with Gasteiger partial charge in [0, 0.05) is 39.1 Å². The maximum absolute atomic E-state index is 11.8. The lowest BCUT2D eigenvalue weighted by Gasteiger charge is -2.27. The summed E-state index contributed by atoms with van der Waals surface area (Å²) >= 11 is 0. The number of nitrogens with one attached hydrogen (secondary N) is 2. The van der Waals surface area contributed by atoms with Crippen LogP contribution in [-0.2, 0) is 4.79 Å². The first-order valence-corrected chi connectivity index (χ1v) is 8.04. The average molecular weight is 267 g/mol. The predicted molar refractivity (Wildman–Crippen MR) is 78.1 cm³/mol. The number of hydrogen-bond donors (Lipinski definition) is 2. The molecule has 2 rings (SSSR count). The Labute approximate surface area is 117 Å². The summed E-state index contributed by atoms with van der Waals surface area (Å²) in [5.41, 5.74) is 0. The van der Waals surface area contributed by atoms with Crippen molar-refractivity contribution >= 4 is 5.91 Å². The van der Waals surface area contributed by atoms with Crippen LogP contribution in [0.25, 0.3) is 0 Å². The molecule has 0 aromatic rings. The van der Waals surface area contributed by atoms with Crippen molar-refractivity contribution in [2.75, 3.05) is 39.3 Å². The lowest BCUT2D eigenvalue weighted by atomic mass is 9.87. The topological polar surface area (TPSA) is 44.4 Å². The third kappa shape index (κ3) is 5.91. The fraction of sp³-hybridized carbons (Fsp3) is 0.933. The Kier molecular flexibility index (Phi) is 6.65. The summed E-state index contributed by atoms with van der Waals surface area (Å²) in [5, 5.41) is 6.45. The molecular weight excluding hydrogens is 238 g/mol. The quantitative estimate of drug-likeness (QED) is 0.714. The molecule has 2 aliphatic rings. The Morgan fingerprint density at radius 2 is 1.89 bits per heavy atom. The van der Waals surface area contributed by atoms with Crippen molar-refractivity contribution in [1.29, 1.82) is 0 Å². The monoisotopic (exact) mass is 267 g/mol. The van der Waals surface area contributed by atoms with Crippen molar-refractivity contribution in [2.24, 2.45) is 5.92 Å². The van der Waals surface area contributed by atoms with Gasteiger partial charge in [-0.1, -0.05) is 19.3 Å². The largest absolute Gasteiger partial charge is 0.356 e. The Balaban J connectivity index is 1.48. The van der Waals surface area contributed by atoms with Crippen molar-refractivity contribution in [2.45, 2.75) is 44.9 Å². The Bertz CT molecular complexity index is 258. The van der Waals surface area contributed by atoms with E-state index < -0.39 is 0 Å². The SMILES string of the molecule is O=C(CC1CCCCC1)NCCCN1CCNCC1. The van der Waals surface area contributed by atoms with Gasteiger partial charge in [0.15, 0.2) is 0 Å². The molecule has 1 saturated carbocycles. The van der Waals surface area contributed by atoms with E-state index in [9.17, 15) is 4.79 Å². The highest BCUT2D eigenvalue weighted by Crippen LogP contribution is 2.25. The average Bonchev–Trinajstić information content (AvgIpc) is 2.46. The molecule has 0 aromatic heterocycles. The summed E-state index contributed by atoms with van der Waals surface area (Å²) in [7, 11) is 0. The van der Waals surface area contributed by atoms with Gasteiger partial charge in [-0.15, -0.1) is 0 Å². The van der Waals surface area contributed by atoms with E-state index in [4.69, 9.17) is 0 Å². The van der Waals surface area contributed by atoms with Crippen LogP contribution in [0.1, 0.15) is 44.9 Å². The lowest BCUT2D eigenvalue weighted by molar-refractivity contribution is -0.122. The summed E-state index contributed by atoms with van der Waals surface area (Å²) in [6.07, 6.45) is 8.36. The van der Waals surface area contributed by atoms with Crippen molar-refractivity contribution < 1.29 is 4.79 Å². The van der Waals surface area contributed by atoms with E-state index in [2.05, 4.69) is 15.5 Å². The molecule has 1 aliphatic heterocycles. The molecule has 0 unspecified atom stereocenters. The summed E-state index contributed by atoms with van der Waals surface area (Å²) < 4.78 is 0. The lowest BCUT2D eigenvalue weighted by Crippen LogP contribution is -2.44. The number of hydrogen-bond acceptors (Lipinski definition) is 3. The number of carbonyl (C=O) groups excluding carboxylic acids is 1. The fourth-order valence-electron chi connectivity index (χ4n) is 3.19. The minimum atomic E-state index is 0.271. The fourth-order valence-corrected chi connectivity index (χ4v) is 3.19. The highest BCUT2D eigenvalue weighted by molar-refractivity contribution is 5.76. The first-order valence-electron chi connectivity index (χ1n) is 8.04. The van der Waals surface area contributed by atoms with E-state index in [0.29, 0.717) is 5.92 Å². The van der Waals surface area contributed by atoms with Crippen LogP contribution in [0.3, 0.4) is 0 Å².